The van der Waals surface area contributed by atoms with Crippen molar-refractivity contribution >= 4 is 53.6 Å². The highest BCUT2D eigenvalue weighted by Gasteiger charge is 2.67. The Hall–Kier alpha value is -3.58. The van der Waals surface area contributed by atoms with Crippen LogP contribution < -0.4 is 9.80 Å². The van der Waals surface area contributed by atoms with Crippen molar-refractivity contribution < 1.29 is 33.1 Å². The molecule has 12 heteroatoms. The summed E-state index contributed by atoms with van der Waals surface area (Å²) in [5.41, 5.74) is 1.54. The van der Waals surface area contributed by atoms with Gasteiger partial charge in [-0.05, 0) is 54.6 Å². The molecule has 47 heavy (non-hydrogen) atoms. The average Bonchev–Trinajstić information content (AvgIpc) is 3.66. The molecule has 9 nitrogen and oxygen atoms in total. The van der Waals surface area contributed by atoms with Crippen molar-refractivity contribution in [2.45, 2.75) is 56.8 Å². The second-order valence-corrected chi connectivity index (χ2v) is 17.7. The van der Waals surface area contributed by atoms with E-state index in [1.165, 1.54) is 0 Å². The van der Waals surface area contributed by atoms with Crippen molar-refractivity contribution in [1.29, 1.82) is 0 Å². The van der Waals surface area contributed by atoms with Crippen molar-refractivity contribution in [1.82, 2.24) is 4.90 Å². The molecule has 0 unspecified atom stereocenters. The van der Waals surface area contributed by atoms with Gasteiger partial charge in [0, 0.05) is 40.3 Å². The molecule has 1 N–H and O–H groups in total. The Labute approximate surface area is 283 Å². The molecule has 2 saturated heterocycles. The van der Waals surface area contributed by atoms with E-state index in [0.717, 1.165) is 15.6 Å². The Bertz CT molecular complexity index is 1670. The lowest BCUT2D eigenvalue weighted by Crippen LogP contribution is -2.45. The van der Waals surface area contributed by atoms with Gasteiger partial charge in [-0.2, -0.15) is 0 Å². The van der Waals surface area contributed by atoms with Gasteiger partial charge in [0.25, 0.3) is 5.91 Å². The summed E-state index contributed by atoms with van der Waals surface area (Å²) in [7, 11) is -3.50. The molecular formula is C35H39BrFN3O6Si. The largest absolute Gasteiger partial charge is 0.447 e. The number of carbonyl (C=O) groups excluding carboxylic acids is 3. The molecule has 0 radical (unpaired) electrons. The molecule has 248 valence electrons. The lowest BCUT2D eigenvalue weighted by molar-refractivity contribution is -0.150. The van der Waals surface area contributed by atoms with Crippen LogP contribution in [0.25, 0.3) is 0 Å². The second kappa shape index (κ2) is 13.1. The quantitative estimate of drug-likeness (QED) is 0.199. The Kier molecular flexibility index (Phi) is 9.32. The van der Waals surface area contributed by atoms with Gasteiger partial charge in [0.1, 0.15) is 6.61 Å². The highest BCUT2D eigenvalue weighted by Crippen LogP contribution is 2.60. The van der Waals surface area contributed by atoms with Crippen molar-refractivity contribution in [3.8, 4) is 0 Å². The van der Waals surface area contributed by atoms with Gasteiger partial charge in [0.2, 0.25) is 14.3 Å². The van der Waals surface area contributed by atoms with E-state index in [0.29, 0.717) is 36.6 Å². The Balaban J connectivity index is 1.33. The molecule has 1 spiro atoms. The molecule has 3 amide bonds. The number of nitrogens with zero attached hydrogens (tertiary/aromatic N) is 3. The minimum Gasteiger partial charge on any atom is -0.447 e. The summed E-state index contributed by atoms with van der Waals surface area (Å²) in [6, 6.07) is 22.5. The standard InChI is InChI=1S/C35H39BrFN3O6Si/c1-23-32(47(2,3)37)30(20-31(42)38(14-16-41)21-24-8-5-4-6-9-24)46-35(23)28-19-26(36)12-13-29(28)40(33(35)43)22-25-10-7-11-27(18-25)39-15-17-45-34(39)44/h4-13,18-19,23,30,32,41H,14-17,20-22H2,1-3H3/t23-,30+,32-,35+/m0/s1. The average molecular weight is 725 g/mol. The maximum Gasteiger partial charge on any atom is 0.414 e. The van der Waals surface area contributed by atoms with Gasteiger partial charge in [-0.1, -0.05) is 65.3 Å². The number of cyclic esters (lactones) is 1. The maximum absolute atomic E-state index is 16.3. The third-order valence-electron chi connectivity index (χ3n) is 9.56. The molecule has 6 rings (SSSR count). The number of amides is 3. The molecule has 0 aliphatic carbocycles. The first-order valence-electron chi connectivity index (χ1n) is 15.9. The number of hydrogen-bond acceptors (Lipinski definition) is 6. The predicted molar refractivity (Wildman–Crippen MR) is 182 cm³/mol. The summed E-state index contributed by atoms with van der Waals surface area (Å²) < 4.78 is 29.0. The lowest BCUT2D eigenvalue weighted by Gasteiger charge is -2.31. The van der Waals surface area contributed by atoms with E-state index in [4.69, 9.17) is 9.47 Å². The van der Waals surface area contributed by atoms with Crippen LogP contribution in [0.15, 0.2) is 77.3 Å². The first-order valence-corrected chi connectivity index (χ1v) is 19.6. The molecule has 3 aromatic rings. The van der Waals surface area contributed by atoms with Crippen LogP contribution in [0, 0.1) is 5.92 Å². The summed E-state index contributed by atoms with van der Waals surface area (Å²) in [6.07, 6.45) is -1.37. The van der Waals surface area contributed by atoms with E-state index in [2.05, 4.69) is 15.9 Å². The molecule has 2 fully saturated rings. The minimum atomic E-state index is -3.50. The van der Waals surface area contributed by atoms with Crippen LogP contribution in [0.3, 0.4) is 0 Å². The number of carbonyl (C=O) groups is 3. The van der Waals surface area contributed by atoms with Crippen molar-refractivity contribution in [2.24, 2.45) is 5.92 Å². The number of aliphatic hydroxyl groups is 1. The lowest BCUT2D eigenvalue weighted by atomic mass is 9.82. The zero-order valence-corrected chi connectivity index (χ0v) is 29.3. The fraction of sp³-hybridized carbons (Fsp3) is 0.400. The number of aliphatic hydroxyl groups excluding tert-OH is 1. The van der Waals surface area contributed by atoms with Crippen molar-refractivity contribution in [3.63, 3.8) is 0 Å². The van der Waals surface area contributed by atoms with Crippen LogP contribution in [0.1, 0.15) is 30.0 Å². The van der Waals surface area contributed by atoms with Crippen molar-refractivity contribution in [3.05, 3.63) is 94.0 Å². The zero-order chi connectivity index (χ0) is 33.5. The molecule has 0 aromatic heterocycles. The summed E-state index contributed by atoms with van der Waals surface area (Å²) in [6.45, 7) is 6.25. The molecule has 0 saturated carbocycles. The predicted octanol–water partition coefficient (Wildman–Crippen LogP) is 6.14. The molecule has 3 aliphatic heterocycles. The topological polar surface area (TPSA) is 99.6 Å². The third kappa shape index (κ3) is 6.24. The smallest absolute Gasteiger partial charge is 0.414 e. The Morgan fingerprint density at radius 1 is 1.09 bits per heavy atom. The normalized spacial score (nSPS) is 23.8. The summed E-state index contributed by atoms with van der Waals surface area (Å²) in [4.78, 5) is 45.6. The van der Waals surface area contributed by atoms with E-state index >= 15 is 4.11 Å². The number of benzene rings is 3. The van der Waals surface area contributed by atoms with Crippen LogP contribution in [0.2, 0.25) is 18.6 Å². The maximum atomic E-state index is 16.3. The van der Waals surface area contributed by atoms with Crippen LogP contribution >= 0.6 is 15.9 Å². The van der Waals surface area contributed by atoms with Crippen LogP contribution in [-0.2, 0) is 37.8 Å². The van der Waals surface area contributed by atoms with E-state index in [1.807, 2.05) is 79.7 Å². The fourth-order valence-electron chi connectivity index (χ4n) is 7.53. The highest BCUT2D eigenvalue weighted by atomic mass is 79.9. The van der Waals surface area contributed by atoms with Gasteiger partial charge in [0.05, 0.1) is 37.9 Å². The third-order valence-corrected chi connectivity index (χ3v) is 12.5. The Morgan fingerprint density at radius 3 is 2.51 bits per heavy atom. The minimum absolute atomic E-state index is 0.117. The zero-order valence-electron chi connectivity index (χ0n) is 26.7. The van der Waals surface area contributed by atoms with E-state index < -0.39 is 37.7 Å². The summed E-state index contributed by atoms with van der Waals surface area (Å²) >= 11 is 3.57. The number of hydrogen-bond donors (Lipinski definition) is 1. The number of halogens is 2. The SMILES string of the molecule is C[C@H]1[C@H]([Si](C)(C)F)[C@@H](CC(=O)N(CCO)Cc2ccccc2)O[C@]12C(=O)N(Cc1cccc(N3CCOC3=O)c1)c1ccc(Br)cc12. The summed E-state index contributed by atoms with van der Waals surface area (Å²) in [5, 5.41) is 9.77. The van der Waals surface area contributed by atoms with Crippen molar-refractivity contribution in [2.75, 3.05) is 36.1 Å². The van der Waals surface area contributed by atoms with E-state index in [9.17, 15) is 19.5 Å². The Morgan fingerprint density at radius 2 is 1.83 bits per heavy atom. The highest BCUT2D eigenvalue weighted by molar-refractivity contribution is 9.10. The fourth-order valence-corrected chi connectivity index (χ4v) is 10.4. The molecule has 3 aliphatic rings. The first-order chi connectivity index (χ1) is 22.4. The number of ether oxygens (including phenoxy) is 2. The monoisotopic (exact) mass is 723 g/mol. The van der Waals surface area contributed by atoms with Gasteiger partial charge < -0.3 is 28.5 Å². The molecule has 3 aromatic carbocycles. The van der Waals surface area contributed by atoms with Gasteiger partial charge >= 0.3 is 6.09 Å². The summed E-state index contributed by atoms with van der Waals surface area (Å²) in [5.74, 6) is -1.14. The van der Waals surface area contributed by atoms with Gasteiger partial charge in [-0.3, -0.25) is 14.5 Å². The first kappa shape index (κ1) is 33.3. The molecule has 3 heterocycles. The number of anilines is 2. The van der Waals surface area contributed by atoms with Gasteiger partial charge in [0.15, 0.2) is 5.60 Å². The molecule has 4 atom stereocenters. The van der Waals surface area contributed by atoms with Crippen LogP contribution in [0.5, 0.6) is 0 Å². The second-order valence-electron chi connectivity index (χ2n) is 13.0. The molecular weight excluding hydrogens is 685 g/mol. The number of rotatable bonds is 10. The van der Waals surface area contributed by atoms with Crippen LogP contribution in [0.4, 0.5) is 20.3 Å². The molecule has 0 bridgehead atoms. The van der Waals surface area contributed by atoms with E-state index in [-0.39, 0.29) is 37.9 Å². The number of fused-ring (bicyclic) bond motifs is 2. The van der Waals surface area contributed by atoms with E-state index in [1.54, 1.807) is 27.8 Å². The van der Waals surface area contributed by atoms with Crippen LogP contribution in [-0.4, -0.2) is 68.7 Å². The van der Waals surface area contributed by atoms with Gasteiger partial charge in [-0.25, -0.2) is 4.79 Å². The van der Waals surface area contributed by atoms with Gasteiger partial charge in [-0.15, -0.1) is 0 Å².